The molecule has 1 unspecified atom stereocenters. The van der Waals surface area contributed by atoms with Crippen molar-refractivity contribution < 1.29 is 8.60 Å². The molecule has 0 fully saturated rings. The SMILES string of the molecule is C=S1(=O)C[C@@](C)(c2sc(-c3cccc(F)c3)cc2Cl)N=C(N)N1C. The van der Waals surface area contributed by atoms with E-state index in [1.807, 2.05) is 13.0 Å². The van der Waals surface area contributed by atoms with Crippen molar-refractivity contribution in [2.75, 3.05) is 12.8 Å². The van der Waals surface area contributed by atoms with Gasteiger partial charge in [-0.1, -0.05) is 23.7 Å². The van der Waals surface area contributed by atoms with E-state index in [1.165, 1.54) is 27.8 Å². The fourth-order valence-corrected chi connectivity index (χ4v) is 6.08. The Bertz CT molecular complexity index is 939. The summed E-state index contributed by atoms with van der Waals surface area (Å²) < 4.78 is 27.6. The van der Waals surface area contributed by atoms with Crippen LogP contribution in [0, 0.1) is 5.82 Å². The second kappa shape index (κ2) is 5.75. The Hall–Kier alpha value is -1.57. The fraction of sp³-hybridized carbons (Fsp3) is 0.250. The van der Waals surface area contributed by atoms with Crippen LogP contribution in [0.2, 0.25) is 5.02 Å². The van der Waals surface area contributed by atoms with Crippen LogP contribution in [0.1, 0.15) is 11.8 Å². The van der Waals surface area contributed by atoms with E-state index in [4.69, 9.17) is 17.3 Å². The molecule has 0 radical (unpaired) electrons. The van der Waals surface area contributed by atoms with Gasteiger partial charge in [-0.05, 0) is 36.6 Å². The van der Waals surface area contributed by atoms with Crippen LogP contribution in [0.4, 0.5) is 4.39 Å². The number of nitrogens with two attached hydrogens (primary N) is 1. The van der Waals surface area contributed by atoms with E-state index in [9.17, 15) is 8.60 Å². The molecular formula is C16H17ClFN3OS2. The molecular weight excluding hydrogens is 369 g/mol. The standard InChI is InChI=1S/C16H17ClFN3OS2/c1-16(9-24(3,22)21(2)15(19)20-16)14-12(17)8-13(23-14)10-5-4-6-11(18)7-10/h4-8H,3,9H2,1-2H3,(H2,19,20)/t16-,24?/m0/s1. The van der Waals surface area contributed by atoms with Crippen LogP contribution < -0.4 is 5.73 Å². The number of guanidine groups is 1. The molecule has 128 valence electrons. The number of rotatable bonds is 2. The summed E-state index contributed by atoms with van der Waals surface area (Å²) in [5.41, 5.74) is 5.83. The number of thiophene rings is 1. The third-order valence-corrected chi connectivity index (χ3v) is 8.02. The monoisotopic (exact) mass is 385 g/mol. The minimum absolute atomic E-state index is 0.167. The smallest absolute Gasteiger partial charge is 0.203 e. The molecule has 2 N–H and O–H groups in total. The largest absolute Gasteiger partial charge is 0.369 e. The number of aliphatic imine (C=N–C) groups is 1. The van der Waals surface area contributed by atoms with Crippen molar-refractivity contribution in [3.8, 4) is 10.4 Å². The average molecular weight is 386 g/mol. The maximum Gasteiger partial charge on any atom is 0.203 e. The van der Waals surface area contributed by atoms with E-state index in [1.54, 1.807) is 19.2 Å². The summed E-state index contributed by atoms with van der Waals surface area (Å²) in [7, 11) is -0.967. The Kier molecular flexibility index (Phi) is 4.14. The zero-order valence-electron chi connectivity index (χ0n) is 13.3. The highest BCUT2D eigenvalue weighted by atomic mass is 35.5. The van der Waals surface area contributed by atoms with Gasteiger partial charge in [0.2, 0.25) is 5.96 Å². The van der Waals surface area contributed by atoms with Crippen LogP contribution in [-0.2, 0) is 15.2 Å². The van der Waals surface area contributed by atoms with Gasteiger partial charge in [0.05, 0.1) is 25.4 Å². The quantitative estimate of drug-likeness (QED) is 0.806. The van der Waals surface area contributed by atoms with E-state index in [-0.39, 0.29) is 17.5 Å². The third kappa shape index (κ3) is 2.92. The molecule has 2 heterocycles. The Labute approximate surface area is 149 Å². The lowest BCUT2D eigenvalue weighted by Gasteiger charge is -2.36. The molecule has 4 nitrogen and oxygen atoms in total. The van der Waals surface area contributed by atoms with Crippen LogP contribution in [-0.4, -0.2) is 33.1 Å². The van der Waals surface area contributed by atoms with E-state index in [0.717, 1.165) is 15.3 Å². The molecule has 0 saturated heterocycles. The molecule has 1 aliphatic heterocycles. The average Bonchev–Trinajstić information content (AvgIpc) is 2.87. The highest BCUT2D eigenvalue weighted by molar-refractivity contribution is 7.98. The van der Waals surface area contributed by atoms with Crippen LogP contribution in [0.15, 0.2) is 35.3 Å². The van der Waals surface area contributed by atoms with Gasteiger partial charge in [-0.25, -0.2) is 13.6 Å². The van der Waals surface area contributed by atoms with Gasteiger partial charge in [0.15, 0.2) is 0 Å². The topological polar surface area (TPSA) is 58.7 Å². The first kappa shape index (κ1) is 17.3. The molecule has 3 rings (SSSR count). The van der Waals surface area contributed by atoms with Crippen molar-refractivity contribution in [2.24, 2.45) is 10.7 Å². The maximum atomic E-state index is 13.5. The highest BCUT2D eigenvalue weighted by Gasteiger charge is 2.39. The van der Waals surface area contributed by atoms with Crippen molar-refractivity contribution >= 4 is 44.5 Å². The summed E-state index contributed by atoms with van der Waals surface area (Å²) in [6, 6.07) is 8.07. The molecule has 0 spiro atoms. The van der Waals surface area contributed by atoms with E-state index in [0.29, 0.717) is 5.02 Å². The second-order valence-corrected chi connectivity index (χ2v) is 9.80. The van der Waals surface area contributed by atoms with Crippen molar-refractivity contribution in [3.63, 3.8) is 0 Å². The van der Waals surface area contributed by atoms with E-state index < -0.39 is 15.2 Å². The van der Waals surface area contributed by atoms with Crippen molar-refractivity contribution in [1.29, 1.82) is 0 Å². The zero-order valence-corrected chi connectivity index (χ0v) is 15.6. The molecule has 1 aliphatic rings. The number of hydrogen-bond acceptors (Lipinski definition) is 4. The lowest BCUT2D eigenvalue weighted by atomic mass is 10.0. The normalized spacial score (nSPS) is 27.2. The Morgan fingerprint density at radius 3 is 2.83 bits per heavy atom. The first-order valence-electron chi connectivity index (χ1n) is 7.12. The highest BCUT2D eigenvalue weighted by Crippen LogP contribution is 2.44. The number of halogens is 2. The number of hydrogen-bond donors (Lipinski definition) is 1. The molecule has 0 amide bonds. The number of nitrogens with zero attached hydrogens (tertiary/aromatic N) is 2. The molecule has 0 aliphatic carbocycles. The molecule has 2 atom stereocenters. The van der Waals surface area contributed by atoms with Gasteiger partial charge in [-0.2, -0.15) is 0 Å². The first-order chi connectivity index (χ1) is 11.1. The van der Waals surface area contributed by atoms with Crippen molar-refractivity contribution in [3.05, 3.63) is 46.0 Å². The van der Waals surface area contributed by atoms with Crippen LogP contribution in [0.25, 0.3) is 10.4 Å². The van der Waals surface area contributed by atoms with Gasteiger partial charge >= 0.3 is 0 Å². The summed E-state index contributed by atoms with van der Waals surface area (Å²) in [5, 5.41) is 0.498. The van der Waals surface area contributed by atoms with Gasteiger partial charge in [-0.15, -0.1) is 11.3 Å². The minimum atomic E-state index is -2.58. The summed E-state index contributed by atoms with van der Waals surface area (Å²) in [6.45, 7) is 1.84. The first-order valence-corrected chi connectivity index (χ1v) is 10.2. The Morgan fingerprint density at radius 1 is 1.50 bits per heavy atom. The Morgan fingerprint density at radius 2 is 2.21 bits per heavy atom. The maximum absolute atomic E-state index is 13.5. The molecule has 24 heavy (non-hydrogen) atoms. The molecule has 1 aromatic heterocycles. The minimum Gasteiger partial charge on any atom is -0.369 e. The summed E-state index contributed by atoms with van der Waals surface area (Å²) in [5.74, 6) is 3.86. The summed E-state index contributed by atoms with van der Waals surface area (Å²) >= 11 is 7.81. The van der Waals surface area contributed by atoms with Crippen LogP contribution in [0.5, 0.6) is 0 Å². The molecule has 8 heteroatoms. The summed E-state index contributed by atoms with van der Waals surface area (Å²) in [6.07, 6.45) is 0. The predicted molar refractivity (Wildman–Crippen MR) is 102 cm³/mol. The molecule has 1 aromatic carbocycles. The predicted octanol–water partition coefficient (Wildman–Crippen LogP) is 3.31. The summed E-state index contributed by atoms with van der Waals surface area (Å²) in [4.78, 5) is 6.06. The van der Waals surface area contributed by atoms with E-state index >= 15 is 0 Å². The van der Waals surface area contributed by atoms with Gasteiger partial charge in [0.25, 0.3) is 0 Å². The molecule has 2 aromatic rings. The van der Waals surface area contributed by atoms with Crippen molar-refractivity contribution in [2.45, 2.75) is 12.5 Å². The second-order valence-electron chi connectivity index (χ2n) is 5.96. The van der Waals surface area contributed by atoms with Gasteiger partial charge in [0, 0.05) is 11.9 Å². The van der Waals surface area contributed by atoms with Crippen LogP contribution in [0.3, 0.4) is 0 Å². The number of benzene rings is 1. The lowest BCUT2D eigenvalue weighted by Crippen LogP contribution is -2.50. The van der Waals surface area contributed by atoms with Crippen molar-refractivity contribution in [1.82, 2.24) is 4.31 Å². The van der Waals surface area contributed by atoms with Gasteiger partial charge in [-0.3, -0.25) is 4.31 Å². The molecule has 0 saturated carbocycles. The van der Waals surface area contributed by atoms with Gasteiger partial charge < -0.3 is 5.73 Å². The van der Waals surface area contributed by atoms with Crippen LogP contribution >= 0.6 is 22.9 Å². The fourth-order valence-electron chi connectivity index (χ4n) is 2.70. The van der Waals surface area contributed by atoms with Gasteiger partial charge in [0.1, 0.15) is 11.4 Å². The Balaban J connectivity index is 2.11. The van der Waals surface area contributed by atoms with E-state index in [2.05, 4.69) is 10.9 Å². The molecule has 0 bridgehead atoms. The third-order valence-electron chi connectivity index (χ3n) is 3.97. The lowest BCUT2D eigenvalue weighted by molar-refractivity contribution is 0.522. The zero-order chi connectivity index (χ0) is 17.7.